The standard InChI is InChI=1S/C34H36O3/c1-21(2)10-6-5-9-19-37-26-15-18-28-25(20-26)14-17-30-32(23(4)36)31(22(3)35)29-16-13-24-11-7-8-12-27(24)33(29)34(28)30/h7-8,11-12,15,18,20H,1,5-6,9-10,13-14,16-17,19H2,2-4H3. The third-order valence-corrected chi connectivity index (χ3v) is 7.85. The van der Waals surface area contributed by atoms with Crippen molar-refractivity contribution in [2.75, 3.05) is 6.61 Å². The maximum Gasteiger partial charge on any atom is 0.160 e. The molecule has 2 aliphatic carbocycles. The summed E-state index contributed by atoms with van der Waals surface area (Å²) in [6.07, 6.45) is 7.65. The molecule has 0 heterocycles. The van der Waals surface area contributed by atoms with E-state index in [9.17, 15) is 9.59 Å². The number of carbonyl (C=O) groups is 2. The second-order valence-electron chi connectivity index (χ2n) is 10.7. The van der Waals surface area contributed by atoms with Gasteiger partial charge < -0.3 is 4.74 Å². The van der Waals surface area contributed by atoms with E-state index in [0.29, 0.717) is 17.7 Å². The molecule has 5 rings (SSSR count). The van der Waals surface area contributed by atoms with Crippen molar-refractivity contribution in [3.8, 4) is 28.0 Å². The number of aryl methyl sites for hydroxylation is 2. The topological polar surface area (TPSA) is 43.4 Å². The van der Waals surface area contributed by atoms with Gasteiger partial charge in [0.05, 0.1) is 6.61 Å². The summed E-state index contributed by atoms with van der Waals surface area (Å²) in [5.74, 6) is 0.878. The van der Waals surface area contributed by atoms with Crippen LogP contribution >= 0.6 is 0 Å². The zero-order chi connectivity index (χ0) is 26.1. The zero-order valence-corrected chi connectivity index (χ0v) is 22.3. The molecule has 0 radical (unpaired) electrons. The van der Waals surface area contributed by atoms with E-state index in [4.69, 9.17) is 4.74 Å². The van der Waals surface area contributed by atoms with Crippen molar-refractivity contribution in [1.82, 2.24) is 0 Å². The van der Waals surface area contributed by atoms with Crippen LogP contribution in [0.2, 0.25) is 0 Å². The zero-order valence-electron chi connectivity index (χ0n) is 22.3. The van der Waals surface area contributed by atoms with Gasteiger partial charge in [-0.25, -0.2) is 0 Å². The van der Waals surface area contributed by atoms with Crippen LogP contribution in [0, 0.1) is 0 Å². The first-order valence-corrected chi connectivity index (χ1v) is 13.6. The van der Waals surface area contributed by atoms with Crippen LogP contribution in [0.3, 0.4) is 0 Å². The summed E-state index contributed by atoms with van der Waals surface area (Å²) in [7, 11) is 0. The number of benzene rings is 3. The summed E-state index contributed by atoms with van der Waals surface area (Å²) in [6, 6.07) is 14.9. The van der Waals surface area contributed by atoms with Gasteiger partial charge in [-0.15, -0.1) is 6.58 Å². The fourth-order valence-electron chi connectivity index (χ4n) is 6.23. The van der Waals surface area contributed by atoms with Crippen LogP contribution in [-0.4, -0.2) is 18.2 Å². The highest BCUT2D eigenvalue weighted by atomic mass is 16.5. The molecule has 0 unspecified atom stereocenters. The summed E-state index contributed by atoms with van der Waals surface area (Å²) in [5.41, 5.74) is 11.8. The van der Waals surface area contributed by atoms with Crippen molar-refractivity contribution in [3.63, 3.8) is 0 Å². The third-order valence-electron chi connectivity index (χ3n) is 7.85. The SMILES string of the molecule is C=C(C)CCCCCOc1ccc2c(c1)CCc1c(C(C)=O)c(C(C)=O)c3c(c1-2)-c1ccccc1CC3. The smallest absolute Gasteiger partial charge is 0.160 e. The molecule has 0 aliphatic heterocycles. The Morgan fingerprint density at radius 1 is 0.757 bits per heavy atom. The normalized spacial score (nSPS) is 13.2. The van der Waals surface area contributed by atoms with Crippen LogP contribution in [-0.2, 0) is 25.7 Å². The number of ketones is 2. The van der Waals surface area contributed by atoms with Crippen molar-refractivity contribution < 1.29 is 14.3 Å². The molecule has 0 atom stereocenters. The van der Waals surface area contributed by atoms with E-state index in [1.54, 1.807) is 13.8 Å². The van der Waals surface area contributed by atoms with Crippen LogP contribution in [0.25, 0.3) is 22.3 Å². The molecule has 190 valence electrons. The Morgan fingerprint density at radius 2 is 1.38 bits per heavy atom. The van der Waals surface area contributed by atoms with E-state index in [2.05, 4.69) is 56.0 Å². The summed E-state index contributed by atoms with van der Waals surface area (Å²) in [6.45, 7) is 9.98. The van der Waals surface area contributed by atoms with Crippen LogP contribution < -0.4 is 4.74 Å². The van der Waals surface area contributed by atoms with E-state index in [1.165, 1.54) is 27.8 Å². The Labute approximate surface area is 220 Å². The quantitative estimate of drug-likeness (QED) is 0.172. The number of hydrogen-bond acceptors (Lipinski definition) is 3. The van der Waals surface area contributed by atoms with Crippen molar-refractivity contribution >= 4 is 11.6 Å². The van der Waals surface area contributed by atoms with Crippen LogP contribution in [0.15, 0.2) is 54.6 Å². The van der Waals surface area contributed by atoms with Gasteiger partial charge in [0.2, 0.25) is 0 Å². The molecule has 0 bridgehead atoms. The Balaban J connectivity index is 1.57. The maximum atomic E-state index is 13.0. The Morgan fingerprint density at radius 3 is 2.03 bits per heavy atom. The average Bonchev–Trinajstić information content (AvgIpc) is 2.88. The van der Waals surface area contributed by atoms with Gasteiger partial charge >= 0.3 is 0 Å². The van der Waals surface area contributed by atoms with Gasteiger partial charge in [-0.05, 0) is 129 Å². The van der Waals surface area contributed by atoms with E-state index in [0.717, 1.165) is 79.4 Å². The molecule has 37 heavy (non-hydrogen) atoms. The molecular formula is C34H36O3. The lowest BCUT2D eigenvalue weighted by Crippen LogP contribution is -2.21. The molecule has 0 fully saturated rings. The molecule has 2 aliphatic rings. The molecule has 0 amide bonds. The minimum absolute atomic E-state index is 0.0126. The number of hydrogen-bond donors (Lipinski definition) is 0. The van der Waals surface area contributed by atoms with Gasteiger partial charge in [-0.3, -0.25) is 9.59 Å². The highest BCUT2D eigenvalue weighted by Gasteiger charge is 2.33. The molecule has 3 heteroatoms. The largest absolute Gasteiger partial charge is 0.494 e. The molecule has 3 aromatic rings. The van der Waals surface area contributed by atoms with E-state index in [-0.39, 0.29) is 11.6 Å². The molecule has 0 N–H and O–H groups in total. The van der Waals surface area contributed by atoms with Crippen LogP contribution in [0.4, 0.5) is 0 Å². The number of allylic oxidation sites excluding steroid dienone is 1. The van der Waals surface area contributed by atoms with E-state index >= 15 is 0 Å². The lowest BCUT2D eigenvalue weighted by molar-refractivity contribution is 0.0979. The fourth-order valence-corrected chi connectivity index (χ4v) is 6.23. The summed E-state index contributed by atoms with van der Waals surface area (Å²) < 4.78 is 6.13. The van der Waals surface area contributed by atoms with Crippen molar-refractivity contribution in [2.24, 2.45) is 0 Å². The summed E-state index contributed by atoms with van der Waals surface area (Å²) in [5, 5.41) is 0. The predicted molar refractivity (Wildman–Crippen MR) is 151 cm³/mol. The predicted octanol–water partition coefficient (Wildman–Crippen LogP) is 8.14. The van der Waals surface area contributed by atoms with Gasteiger partial charge in [0.15, 0.2) is 11.6 Å². The first kappa shape index (κ1) is 25.2. The number of ether oxygens (including phenoxy) is 1. The lowest BCUT2D eigenvalue weighted by atomic mass is 9.70. The fraction of sp³-hybridized carbons (Fsp3) is 0.353. The molecule has 0 saturated carbocycles. The number of fused-ring (bicyclic) bond motifs is 7. The second-order valence-corrected chi connectivity index (χ2v) is 10.7. The Bertz CT molecular complexity index is 1410. The van der Waals surface area contributed by atoms with Gasteiger partial charge in [0.1, 0.15) is 5.75 Å². The Kier molecular flexibility index (Phi) is 7.15. The highest BCUT2D eigenvalue weighted by Crippen LogP contribution is 2.49. The van der Waals surface area contributed by atoms with Crippen LogP contribution in [0.1, 0.15) is 89.4 Å². The number of rotatable bonds is 9. The summed E-state index contributed by atoms with van der Waals surface area (Å²) in [4.78, 5) is 26.0. The third kappa shape index (κ3) is 4.80. The summed E-state index contributed by atoms with van der Waals surface area (Å²) >= 11 is 0. The van der Waals surface area contributed by atoms with Crippen molar-refractivity contribution in [3.05, 3.63) is 88.0 Å². The first-order valence-electron chi connectivity index (χ1n) is 13.6. The van der Waals surface area contributed by atoms with Gasteiger partial charge in [0, 0.05) is 11.1 Å². The molecule has 0 aromatic heterocycles. The molecule has 3 nitrogen and oxygen atoms in total. The van der Waals surface area contributed by atoms with E-state index in [1.807, 2.05) is 0 Å². The van der Waals surface area contributed by atoms with Gasteiger partial charge in [-0.1, -0.05) is 35.9 Å². The maximum absolute atomic E-state index is 13.0. The van der Waals surface area contributed by atoms with Crippen molar-refractivity contribution in [1.29, 1.82) is 0 Å². The average molecular weight is 493 g/mol. The minimum Gasteiger partial charge on any atom is -0.494 e. The molecule has 0 saturated heterocycles. The van der Waals surface area contributed by atoms with Crippen LogP contribution in [0.5, 0.6) is 5.75 Å². The number of carbonyl (C=O) groups excluding carboxylic acids is 2. The Hall–Kier alpha value is -3.46. The lowest BCUT2D eigenvalue weighted by Gasteiger charge is -2.32. The number of unbranched alkanes of at least 4 members (excludes halogenated alkanes) is 2. The monoisotopic (exact) mass is 492 g/mol. The molecule has 3 aromatic carbocycles. The highest BCUT2D eigenvalue weighted by molar-refractivity contribution is 6.13. The second kappa shape index (κ2) is 10.5. The minimum atomic E-state index is -0.0156. The number of Topliss-reactive ketones (excluding diaryl/α,β-unsaturated/α-hetero) is 2. The van der Waals surface area contributed by atoms with E-state index < -0.39 is 0 Å². The molecular weight excluding hydrogens is 456 g/mol. The van der Waals surface area contributed by atoms with Gasteiger partial charge in [0.25, 0.3) is 0 Å². The molecule has 0 spiro atoms. The van der Waals surface area contributed by atoms with Gasteiger partial charge in [-0.2, -0.15) is 0 Å². The van der Waals surface area contributed by atoms with Crippen molar-refractivity contribution in [2.45, 2.75) is 72.1 Å². The first-order chi connectivity index (χ1) is 17.9.